The fourth-order valence-electron chi connectivity index (χ4n) is 2.68. The Balaban J connectivity index is 1.62. The number of halogens is 4. The van der Waals surface area contributed by atoms with Gasteiger partial charge in [0.05, 0.1) is 22.7 Å². The van der Waals surface area contributed by atoms with Crippen molar-refractivity contribution in [2.45, 2.75) is 19.0 Å². The molecule has 3 aromatic rings. The Hall–Kier alpha value is -2.54. The highest BCUT2D eigenvalue weighted by atomic mass is 35.5. The minimum atomic E-state index is -4.53. The van der Waals surface area contributed by atoms with Gasteiger partial charge in [-0.2, -0.15) is 13.2 Å². The van der Waals surface area contributed by atoms with Gasteiger partial charge in [0, 0.05) is 17.1 Å². The molecule has 0 bridgehead atoms. The minimum Gasteiger partial charge on any atom is -0.493 e. The summed E-state index contributed by atoms with van der Waals surface area (Å²) in [5, 5.41) is 3.25. The van der Waals surface area contributed by atoms with E-state index in [0.29, 0.717) is 35.0 Å². The molecule has 1 aliphatic rings. The summed E-state index contributed by atoms with van der Waals surface area (Å²) in [7, 11) is 0. The second-order valence-electron chi connectivity index (χ2n) is 6.47. The maximum absolute atomic E-state index is 13.0. The summed E-state index contributed by atoms with van der Waals surface area (Å²) in [6.07, 6.45) is -0.776. The molecule has 0 spiro atoms. The summed E-state index contributed by atoms with van der Waals surface area (Å²) in [6, 6.07) is 9.04. The SMILES string of the molecule is FC(F)(F)c1cc(Nc2ncnc3cc(OCC4CC4)ccc23)ccc1Cl. The van der Waals surface area contributed by atoms with E-state index in [1.165, 1.54) is 31.3 Å². The minimum absolute atomic E-state index is 0.237. The van der Waals surface area contributed by atoms with Crippen molar-refractivity contribution in [3.63, 3.8) is 0 Å². The molecule has 0 saturated heterocycles. The standard InChI is InChI=1S/C19H15ClF3N3O/c20-16-6-3-12(7-15(16)19(21,22)23)26-18-14-5-4-13(27-9-11-1-2-11)8-17(14)24-10-25-18/h3-8,10-11H,1-2,9H2,(H,24,25,26). The predicted octanol–water partition coefficient (Wildman–Crippen LogP) is 5.83. The Bertz CT molecular complexity index is 990. The Morgan fingerprint density at radius 3 is 2.67 bits per heavy atom. The number of nitrogens with zero attached hydrogens (tertiary/aromatic N) is 2. The maximum atomic E-state index is 13.0. The highest BCUT2D eigenvalue weighted by Gasteiger charge is 2.33. The number of aromatic nitrogens is 2. The topological polar surface area (TPSA) is 47.0 Å². The predicted molar refractivity (Wildman–Crippen MR) is 97.5 cm³/mol. The first-order valence-corrected chi connectivity index (χ1v) is 8.79. The molecule has 0 amide bonds. The molecule has 1 aliphatic carbocycles. The van der Waals surface area contributed by atoms with Crippen molar-refractivity contribution in [2.75, 3.05) is 11.9 Å². The zero-order valence-electron chi connectivity index (χ0n) is 14.1. The summed E-state index contributed by atoms with van der Waals surface area (Å²) in [6.45, 7) is 0.687. The van der Waals surface area contributed by atoms with Crippen molar-refractivity contribution in [2.24, 2.45) is 5.92 Å². The lowest BCUT2D eigenvalue weighted by molar-refractivity contribution is -0.137. The van der Waals surface area contributed by atoms with Gasteiger partial charge in [-0.3, -0.25) is 0 Å². The summed E-state index contributed by atoms with van der Waals surface area (Å²) in [5.41, 5.74) is -0.0186. The van der Waals surface area contributed by atoms with Crippen molar-refractivity contribution < 1.29 is 17.9 Å². The quantitative estimate of drug-likeness (QED) is 0.592. The smallest absolute Gasteiger partial charge is 0.417 e. The molecule has 1 N–H and O–H groups in total. The van der Waals surface area contributed by atoms with E-state index >= 15 is 0 Å². The molecule has 0 radical (unpaired) electrons. The van der Waals surface area contributed by atoms with Gasteiger partial charge in [-0.05, 0) is 49.1 Å². The fraction of sp³-hybridized carbons (Fsp3) is 0.263. The maximum Gasteiger partial charge on any atom is 0.417 e. The van der Waals surface area contributed by atoms with Crippen molar-refractivity contribution in [3.05, 3.63) is 53.3 Å². The van der Waals surface area contributed by atoms with Crippen LogP contribution in [0.2, 0.25) is 5.02 Å². The number of anilines is 2. The van der Waals surface area contributed by atoms with Crippen LogP contribution in [0.25, 0.3) is 10.9 Å². The number of rotatable bonds is 5. The van der Waals surface area contributed by atoms with E-state index in [1.807, 2.05) is 6.07 Å². The molecular weight excluding hydrogens is 379 g/mol. The van der Waals surface area contributed by atoms with E-state index in [4.69, 9.17) is 16.3 Å². The van der Waals surface area contributed by atoms with E-state index in [9.17, 15) is 13.2 Å². The molecule has 1 fully saturated rings. The highest BCUT2D eigenvalue weighted by molar-refractivity contribution is 6.31. The summed E-state index contributed by atoms with van der Waals surface area (Å²) in [5.74, 6) is 1.75. The third-order valence-corrected chi connectivity index (χ3v) is 4.65. The van der Waals surface area contributed by atoms with E-state index in [2.05, 4.69) is 15.3 Å². The van der Waals surface area contributed by atoms with Crippen LogP contribution in [-0.4, -0.2) is 16.6 Å². The van der Waals surface area contributed by atoms with Crippen LogP contribution < -0.4 is 10.1 Å². The van der Waals surface area contributed by atoms with Gasteiger partial charge in [-0.25, -0.2) is 9.97 Å². The fourth-order valence-corrected chi connectivity index (χ4v) is 2.91. The molecular formula is C19H15ClF3N3O. The molecule has 2 aromatic carbocycles. The molecule has 1 saturated carbocycles. The monoisotopic (exact) mass is 393 g/mol. The third kappa shape index (κ3) is 4.08. The van der Waals surface area contributed by atoms with E-state index in [0.717, 1.165) is 6.07 Å². The largest absolute Gasteiger partial charge is 0.493 e. The van der Waals surface area contributed by atoms with Gasteiger partial charge in [-0.1, -0.05) is 11.6 Å². The van der Waals surface area contributed by atoms with Crippen LogP contribution in [-0.2, 0) is 6.18 Å². The van der Waals surface area contributed by atoms with E-state index in [-0.39, 0.29) is 10.7 Å². The van der Waals surface area contributed by atoms with Crippen LogP contribution in [0, 0.1) is 5.92 Å². The Morgan fingerprint density at radius 1 is 1.11 bits per heavy atom. The molecule has 0 atom stereocenters. The van der Waals surface area contributed by atoms with Crippen LogP contribution in [0.5, 0.6) is 5.75 Å². The highest BCUT2D eigenvalue weighted by Crippen LogP contribution is 2.37. The summed E-state index contributed by atoms with van der Waals surface area (Å²) < 4.78 is 44.9. The number of fused-ring (bicyclic) bond motifs is 1. The summed E-state index contributed by atoms with van der Waals surface area (Å²) in [4.78, 5) is 8.38. The number of nitrogens with one attached hydrogen (secondary N) is 1. The van der Waals surface area contributed by atoms with Crippen molar-refractivity contribution >= 4 is 34.0 Å². The zero-order chi connectivity index (χ0) is 19.0. The van der Waals surface area contributed by atoms with Crippen LogP contribution in [0.1, 0.15) is 18.4 Å². The molecule has 0 aliphatic heterocycles. The van der Waals surface area contributed by atoms with Gasteiger partial charge >= 0.3 is 6.18 Å². The Kier molecular flexibility index (Phi) is 4.55. The number of hydrogen-bond acceptors (Lipinski definition) is 4. The van der Waals surface area contributed by atoms with Crippen molar-refractivity contribution in [1.82, 2.24) is 9.97 Å². The van der Waals surface area contributed by atoms with Crippen LogP contribution in [0.3, 0.4) is 0 Å². The van der Waals surface area contributed by atoms with Crippen molar-refractivity contribution in [1.29, 1.82) is 0 Å². The molecule has 4 nitrogen and oxygen atoms in total. The lowest BCUT2D eigenvalue weighted by Gasteiger charge is -2.13. The van der Waals surface area contributed by atoms with Crippen LogP contribution >= 0.6 is 11.6 Å². The van der Waals surface area contributed by atoms with Gasteiger partial charge in [0.25, 0.3) is 0 Å². The van der Waals surface area contributed by atoms with Gasteiger partial charge in [0.15, 0.2) is 0 Å². The van der Waals surface area contributed by atoms with Gasteiger partial charge in [0.2, 0.25) is 0 Å². The average Bonchev–Trinajstić information content (AvgIpc) is 3.45. The van der Waals surface area contributed by atoms with Gasteiger partial charge in [-0.15, -0.1) is 0 Å². The molecule has 4 rings (SSSR count). The normalized spacial score (nSPS) is 14.4. The first-order valence-electron chi connectivity index (χ1n) is 8.41. The summed E-state index contributed by atoms with van der Waals surface area (Å²) >= 11 is 5.67. The molecule has 1 heterocycles. The van der Waals surface area contributed by atoms with E-state index in [1.54, 1.807) is 12.1 Å². The van der Waals surface area contributed by atoms with E-state index < -0.39 is 11.7 Å². The number of benzene rings is 2. The van der Waals surface area contributed by atoms with Crippen LogP contribution in [0.4, 0.5) is 24.7 Å². The number of alkyl halides is 3. The Labute approximate surface area is 158 Å². The number of hydrogen-bond donors (Lipinski definition) is 1. The molecule has 140 valence electrons. The first-order chi connectivity index (χ1) is 12.9. The molecule has 27 heavy (non-hydrogen) atoms. The number of ether oxygens (including phenoxy) is 1. The molecule has 8 heteroatoms. The van der Waals surface area contributed by atoms with Gasteiger partial charge in [0.1, 0.15) is 17.9 Å². The third-order valence-electron chi connectivity index (χ3n) is 4.33. The second kappa shape index (κ2) is 6.88. The lowest BCUT2D eigenvalue weighted by Crippen LogP contribution is -2.07. The average molecular weight is 394 g/mol. The second-order valence-corrected chi connectivity index (χ2v) is 6.88. The Morgan fingerprint density at radius 2 is 1.93 bits per heavy atom. The molecule has 0 unspecified atom stereocenters. The first kappa shape index (κ1) is 17.9. The van der Waals surface area contributed by atoms with Crippen molar-refractivity contribution in [3.8, 4) is 5.75 Å². The molecule has 1 aromatic heterocycles. The van der Waals surface area contributed by atoms with Crippen LogP contribution in [0.15, 0.2) is 42.7 Å². The van der Waals surface area contributed by atoms with Gasteiger partial charge < -0.3 is 10.1 Å². The lowest BCUT2D eigenvalue weighted by atomic mass is 10.1. The zero-order valence-corrected chi connectivity index (χ0v) is 14.8.